The van der Waals surface area contributed by atoms with E-state index in [0.717, 1.165) is 26.4 Å². The van der Waals surface area contributed by atoms with Gasteiger partial charge in [0.2, 0.25) is 0 Å². The van der Waals surface area contributed by atoms with Crippen LogP contribution in [0.1, 0.15) is 6.92 Å². The van der Waals surface area contributed by atoms with Crippen LogP contribution in [0.25, 0.3) is 0 Å². The highest BCUT2D eigenvalue weighted by molar-refractivity contribution is 4.70. The Morgan fingerprint density at radius 3 is 1.46 bits per heavy atom. The Morgan fingerprint density at radius 1 is 0.607 bits per heavy atom. The first-order valence-corrected chi connectivity index (χ1v) is 10.2. The lowest BCUT2D eigenvalue weighted by Gasteiger charge is -2.11. The van der Waals surface area contributed by atoms with Gasteiger partial charge in [0.1, 0.15) is 24.4 Å². The van der Waals surface area contributed by atoms with Crippen LogP contribution in [0.2, 0.25) is 0 Å². The first kappa shape index (κ1) is 22.3. The summed E-state index contributed by atoms with van der Waals surface area (Å²) in [6, 6.07) is 0. The number of rotatable bonds is 17. The zero-order valence-corrected chi connectivity index (χ0v) is 16.8. The third kappa shape index (κ3) is 13.0. The largest absolute Gasteiger partial charge is 0.377 e. The van der Waals surface area contributed by atoms with Gasteiger partial charge in [0.25, 0.3) is 0 Å². The molecule has 4 saturated heterocycles. The van der Waals surface area contributed by atoms with Gasteiger partial charge < -0.3 is 42.6 Å². The van der Waals surface area contributed by atoms with Gasteiger partial charge in [-0.05, 0) is 6.92 Å². The molecule has 4 fully saturated rings. The lowest BCUT2D eigenvalue weighted by molar-refractivity contribution is -0.0146. The molecular formula is C19H34O9. The normalized spacial score (nSPS) is 30.3. The minimum Gasteiger partial charge on any atom is -0.377 e. The Bertz CT molecular complexity index is 377. The summed E-state index contributed by atoms with van der Waals surface area (Å²) < 4.78 is 46.8. The number of hydrogen-bond acceptors (Lipinski definition) is 9. The van der Waals surface area contributed by atoms with Crippen molar-refractivity contribution in [1.29, 1.82) is 0 Å². The number of hydrogen-bond donors (Lipinski definition) is 0. The van der Waals surface area contributed by atoms with Gasteiger partial charge in [-0.15, -0.1) is 0 Å². The smallest absolute Gasteiger partial charge is 0.104 e. The van der Waals surface area contributed by atoms with E-state index in [2.05, 4.69) is 0 Å². The molecule has 164 valence electrons. The second-order valence-corrected chi connectivity index (χ2v) is 7.26. The third-order valence-electron chi connectivity index (χ3n) is 4.18. The molecule has 5 atom stereocenters. The third-order valence-corrected chi connectivity index (χ3v) is 4.18. The van der Waals surface area contributed by atoms with E-state index in [9.17, 15) is 0 Å². The summed E-state index contributed by atoms with van der Waals surface area (Å²) in [6.07, 6.45) is 1.52. The van der Waals surface area contributed by atoms with E-state index in [1.54, 1.807) is 0 Å². The summed E-state index contributed by atoms with van der Waals surface area (Å²) in [4.78, 5) is 0. The van der Waals surface area contributed by atoms with Crippen molar-refractivity contribution in [1.82, 2.24) is 0 Å². The van der Waals surface area contributed by atoms with Crippen molar-refractivity contribution in [2.24, 2.45) is 0 Å². The van der Waals surface area contributed by atoms with Gasteiger partial charge in [-0.1, -0.05) is 0 Å². The van der Waals surface area contributed by atoms with Gasteiger partial charge >= 0.3 is 0 Å². The van der Waals surface area contributed by atoms with Crippen LogP contribution in [0.15, 0.2) is 0 Å². The molecule has 0 spiro atoms. The van der Waals surface area contributed by atoms with Crippen LogP contribution in [0.3, 0.4) is 0 Å². The topological polar surface area (TPSA) is 96.3 Å². The van der Waals surface area contributed by atoms with Crippen LogP contribution in [-0.4, -0.2) is 116 Å². The number of epoxide rings is 4. The average Bonchev–Trinajstić information content (AvgIpc) is 3.55. The summed E-state index contributed by atoms with van der Waals surface area (Å²) in [5.74, 6) is 0. The quantitative estimate of drug-likeness (QED) is 0.245. The highest BCUT2D eigenvalue weighted by Gasteiger charge is 2.25. The molecular weight excluding hydrogens is 372 g/mol. The predicted octanol–water partition coefficient (Wildman–Crippen LogP) is 0.0395. The second kappa shape index (κ2) is 13.0. The van der Waals surface area contributed by atoms with E-state index >= 15 is 0 Å². The summed E-state index contributed by atoms with van der Waals surface area (Å²) in [5.41, 5.74) is 0. The Morgan fingerprint density at radius 2 is 1.00 bits per heavy atom. The lowest BCUT2D eigenvalue weighted by atomic mass is 10.4. The maximum absolute atomic E-state index is 5.48. The van der Waals surface area contributed by atoms with E-state index < -0.39 is 0 Å². The summed E-state index contributed by atoms with van der Waals surface area (Å²) in [7, 11) is 0. The van der Waals surface area contributed by atoms with Gasteiger partial charge in [0.15, 0.2) is 0 Å². The highest BCUT2D eigenvalue weighted by atomic mass is 16.6. The minimum atomic E-state index is 0.156. The molecule has 9 nitrogen and oxygen atoms in total. The molecule has 0 saturated carbocycles. The molecule has 4 aliphatic heterocycles. The molecule has 0 aliphatic carbocycles. The molecule has 0 amide bonds. The Balaban J connectivity index is 0.000000162. The standard InChI is InChI=1S/C10H18O5.C9H16O4/c1(3-12-5-9-7-14-9)11-2-4-13-6-10-8-15-10;1-7(11-4-9-6-13-9)2-10-3-8-5-12-8/h9-10H,1-8H2;7-9H,2-6H2,1H3. The Hall–Kier alpha value is -0.360. The Labute approximate surface area is 166 Å². The maximum Gasteiger partial charge on any atom is 0.104 e. The first-order valence-electron chi connectivity index (χ1n) is 10.2. The van der Waals surface area contributed by atoms with Gasteiger partial charge in [-0.2, -0.15) is 0 Å². The molecule has 0 aromatic carbocycles. The molecule has 28 heavy (non-hydrogen) atoms. The van der Waals surface area contributed by atoms with Crippen LogP contribution < -0.4 is 0 Å². The maximum atomic E-state index is 5.48. The fourth-order valence-electron chi connectivity index (χ4n) is 2.11. The van der Waals surface area contributed by atoms with Gasteiger partial charge in [-0.3, -0.25) is 0 Å². The van der Waals surface area contributed by atoms with E-state index in [1.807, 2.05) is 6.92 Å². The molecule has 0 aromatic heterocycles. The molecule has 0 N–H and O–H groups in total. The van der Waals surface area contributed by atoms with E-state index in [4.69, 9.17) is 42.6 Å². The van der Waals surface area contributed by atoms with Crippen molar-refractivity contribution >= 4 is 0 Å². The molecule has 4 heterocycles. The van der Waals surface area contributed by atoms with Crippen molar-refractivity contribution in [3.8, 4) is 0 Å². The van der Waals surface area contributed by atoms with Gasteiger partial charge in [-0.25, -0.2) is 0 Å². The predicted molar refractivity (Wildman–Crippen MR) is 97.7 cm³/mol. The van der Waals surface area contributed by atoms with Crippen LogP contribution in [-0.2, 0) is 42.6 Å². The first-order chi connectivity index (χ1) is 13.8. The van der Waals surface area contributed by atoms with Crippen molar-refractivity contribution in [2.75, 3.05) is 85.9 Å². The van der Waals surface area contributed by atoms with Gasteiger partial charge in [0.05, 0.1) is 92.0 Å². The van der Waals surface area contributed by atoms with E-state index in [1.165, 1.54) is 0 Å². The van der Waals surface area contributed by atoms with Crippen LogP contribution in [0.4, 0.5) is 0 Å². The fourth-order valence-corrected chi connectivity index (χ4v) is 2.11. The van der Waals surface area contributed by atoms with E-state index in [-0.39, 0.29) is 6.10 Å². The monoisotopic (exact) mass is 406 g/mol. The van der Waals surface area contributed by atoms with Crippen LogP contribution in [0.5, 0.6) is 0 Å². The highest BCUT2D eigenvalue weighted by Crippen LogP contribution is 2.11. The SMILES string of the molecule is C(COCC1CO1)OCCOCC1CO1.CC(COCC1CO1)OCC1CO1. The molecule has 0 radical (unpaired) electrons. The van der Waals surface area contributed by atoms with Crippen molar-refractivity contribution < 1.29 is 42.6 Å². The van der Waals surface area contributed by atoms with Crippen molar-refractivity contribution in [3.63, 3.8) is 0 Å². The summed E-state index contributed by atoms with van der Waals surface area (Å²) in [6.45, 7) is 11.3. The molecule has 4 rings (SSSR count). The molecule has 4 aliphatic rings. The lowest BCUT2D eigenvalue weighted by Crippen LogP contribution is -2.19. The second-order valence-electron chi connectivity index (χ2n) is 7.26. The molecule has 5 unspecified atom stereocenters. The number of ether oxygens (including phenoxy) is 9. The van der Waals surface area contributed by atoms with Crippen LogP contribution in [0, 0.1) is 0 Å². The zero-order chi connectivity index (χ0) is 19.4. The van der Waals surface area contributed by atoms with Gasteiger partial charge in [0, 0.05) is 0 Å². The molecule has 0 aromatic rings. The average molecular weight is 406 g/mol. The Kier molecular flexibility index (Phi) is 10.4. The fraction of sp³-hybridized carbons (Fsp3) is 1.00. The summed E-state index contributed by atoms with van der Waals surface area (Å²) >= 11 is 0. The molecule has 9 heteroatoms. The minimum absolute atomic E-state index is 0.156. The molecule has 0 bridgehead atoms. The van der Waals surface area contributed by atoms with Crippen molar-refractivity contribution in [3.05, 3.63) is 0 Å². The zero-order valence-electron chi connectivity index (χ0n) is 16.8. The van der Waals surface area contributed by atoms with Crippen LogP contribution >= 0.6 is 0 Å². The van der Waals surface area contributed by atoms with Crippen molar-refractivity contribution in [2.45, 2.75) is 37.4 Å². The summed E-state index contributed by atoms with van der Waals surface area (Å²) in [5, 5.41) is 0. The van der Waals surface area contributed by atoms with E-state index in [0.29, 0.717) is 83.9 Å².